The summed E-state index contributed by atoms with van der Waals surface area (Å²) in [6.45, 7) is 0.320. The van der Waals surface area contributed by atoms with Crippen molar-refractivity contribution in [3.8, 4) is 0 Å². The van der Waals surface area contributed by atoms with Crippen molar-refractivity contribution in [3.63, 3.8) is 0 Å². The monoisotopic (exact) mass is 337 g/mol. The van der Waals surface area contributed by atoms with Crippen LogP contribution in [0, 0.1) is 0 Å². The van der Waals surface area contributed by atoms with Crippen LogP contribution in [0.3, 0.4) is 0 Å². The van der Waals surface area contributed by atoms with Crippen LogP contribution in [-0.4, -0.2) is 71.0 Å². The first-order chi connectivity index (χ1) is 11.0. The molecule has 0 unspecified atom stereocenters. The molecule has 2 atom stereocenters. The maximum Gasteiger partial charge on any atom is 0.254 e. The summed E-state index contributed by atoms with van der Waals surface area (Å²) in [7, 11) is 0. The number of fused-ring (bicyclic) bond motifs is 1. The molecule has 2 saturated heterocycles. The number of nitrogens with one attached hydrogen (secondary N) is 1. The molecule has 2 fully saturated rings. The van der Waals surface area contributed by atoms with Crippen LogP contribution in [0.5, 0.6) is 0 Å². The normalized spacial score (nSPS) is 24.3. The van der Waals surface area contributed by atoms with E-state index >= 15 is 0 Å². The highest BCUT2D eigenvalue weighted by Gasteiger charge is 2.44. The zero-order valence-electron chi connectivity index (χ0n) is 12.2. The predicted molar refractivity (Wildman–Crippen MR) is 81.9 cm³/mol. The number of aliphatic hydroxyl groups excluding tert-OH is 1. The van der Waals surface area contributed by atoms with Crippen LogP contribution in [0.1, 0.15) is 10.4 Å². The van der Waals surface area contributed by atoms with Crippen molar-refractivity contribution < 1.29 is 19.5 Å². The van der Waals surface area contributed by atoms with Gasteiger partial charge >= 0.3 is 0 Å². The maximum absolute atomic E-state index is 12.5. The molecule has 0 saturated carbocycles. The highest BCUT2D eigenvalue weighted by molar-refractivity contribution is 6.30. The van der Waals surface area contributed by atoms with Gasteiger partial charge in [-0.2, -0.15) is 0 Å². The van der Waals surface area contributed by atoms with Gasteiger partial charge < -0.3 is 20.2 Å². The molecule has 2 N–H and O–H groups in total. The fourth-order valence-corrected chi connectivity index (χ4v) is 3.01. The Labute approximate surface area is 137 Å². The number of nitrogens with zero attached hydrogens (tertiary/aromatic N) is 2. The Morgan fingerprint density at radius 3 is 2.61 bits per heavy atom. The van der Waals surface area contributed by atoms with Crippen molar-refractivity contribution >= 4 is 29.3 Å². The van der Waals surface area contributed by atoms with E-state index in [1.54, 1.807) is 29.2 Å². The summed E-state index contributed by atoms with van der Waals surface area (Å²) in [5, 5.41) is 12.2. The minimum Gasteiger partial charge on any atom is -0.394 e. The molecule has 8 heteroatoms. The summed E-state index contributed by atoms with van der Waals surface area (Å²) in [5.41, 5.74) is 0.485. The third-order valence-corrected chi connectivity index (χ3v) is 4.39. The highest BCUT2D eigenvalue weighted by atomic mass is 35.5. The average Bonchev–Trinajstić information content (AvgIpc) is 2.57. The Morgan fingerprint density at radius 1 is 1.26 bits per heavy atom. The number of piperazine rings is 2. The average molecular weight is 338 g/mol. The molecule has 0 spiro atoms. The number of hydrogen-bond acceptors (Lipinski definition) is 4. The molecule has 0 bridgehead atoms. The number of benzene rings is 1. The summed E-state index contributed by atoms with van der Waals surface area (Å²) in [6, 6.07) is 4.92. The van der Waals surface area contributed by atoms with E-state index < -0.39 is 18.7 Å². The van der Waals surface area contributed by atoms with Crippen molar-refractivity contribution in [2.75, 3.05) is 26.2 Å². The highest BCUT2D eigenvalue weighted by Crippen LogP contribution is 2.19. The Balaban J connectivity index is 1.75. The van der Waals surface area contributed by atoms with Crippen LogP contribution in [-0.2, 0) is 9.59 Å². The second-order valence-electron chi connectivity index (χ2n) is 5.55. The molecule has 2 aliphatic heterocycles. The summed E-state index contributed by atoms with van der Waals surface area (Å²) in [4.78, 5) is 39.8. The molecule has 0 radical (unpaired) electrons. The van der Waals surface area contributed by atoms with Crippen molar-refractivity contribution in [2.24, 2.45) is 0 Å². The second-order valence-corrected chi connectivity index (χ2v) is 5.99. The fraction of sp³-hybridized carbons (Fsp3) is 0.400. The van der Waals surface area contributed by atoms with Crippen LogP contribution < -0.4 is 5.32 Å². The van der Waals surface area contributed by atoms with Gasteiger partial charge in [-0.25, -0.2) is 0 Å². The van der Waals surface area contributed by atoms with Crippen LogP contribution >= 0.6 is 11.6 Å². The van der Waals surface area contributed by atoms with E-state index in [9.17, 15) is 14.4 Å². The van der Waals surface area contributed by atoms with Gasteiger partial charge in [0.1, 0.15) is 12.1 Å². The van der Waals surface area contributed by atoms with Gasteiger partial charge in [0.15, 0.2) is 0 Å². The molecule has 122 valence electrons. The molecule has 0 aliphatic carbocycles. The minimum atomic E-state index is -0.891. The molecular formula is C15H16ClN3O4. The van der Waals surface area contributed by atoms with Crippen molar-refractivity contribution in [1.82, 2.24) is 15.1 Å². The van der Waals surface area contributed by atoms with Gasteiger partial charge in [-0.1, -0.05) is 11.6 Å². The van der Waals surface area contributed by atoms with Crippen LogP contribution in [0.4, 0.5) is 0 Å². The third kappa shape index (κ3) is 2.89. The summed E-state index contributed by atoms with van der Waals surface area (Å²) in [6.07, 6.45) is 0. The smallest absolute Gasteiger partial charge is 0.254 e. The van der Waals surface area contributed by atoms with Crippen molar-refractivity contribution in [1.29, 1.82) is 0 Å². The molecule has 3 rings (SSSR count). The first kappa shape index (κ1) is 15.8. The number of aliphatic hydroxyl groups is 1. The first-order valence-electron chi connectivity index (χ1n) is 7.28. The van der Waals surface area contributed by atoms with Crippen LogP contribution in [0.25, 0.3) is 0 Å². The number of hydrogen-bond donors (Lipinski definition) is 2. The SMILES string of the molecule is O=C1N[C@H](CO)C(=O)N2CCN(C(=O)c3ccc(Cl)cc3)C[C@H]12. The molecule has 1 aromatic carbocycles. The standard InChI is InChI=1S/C15H16ClN3O4/c16-10-3-1-9(2-4-10)14(22)18-5-6-19-12(7-18)13(21)17-11(8-20)15(19)23/h1-4,11-12,20H,5-8H2,(H,17,21)/t11-,12-/m1/s1. The second kappa shape index (κ2) is 6.17. The lowest BCUT2D eigenvalue weighted by molar-refractivity contribution is -0.153. The molecule has 3 amide bonds. The molecule has 23 heavy (non-hydrogen) atoms. The van der Waals surface area contributed by atoms with E-state index in [0.29, 0.717) is 17.1 Å². The predicted octanol–water partition coefficient (Wildman–Crippen LogP) is -0.516. The number of amides is 3. The molecule has 0 aromatic heterocycles. The van der Waals surface area contributed by atoms with E-state index in [1.165, 1.54) is 4.90 Å². The molecular weight excluding hydrogens is 322 g/mol. The van der Waals surface area contributed by atoms with E-state index in [4.69, 9.17) is 16.7 Å². The lowest BCUT2D eigenvalue weighted by atomic mass is 10.0. The lowest BCUT2D eigenvalue weighted by Crippen LogP contribution is -2.70. The van der Waals surface area contributed by atoms with E-state index in [2.05, 4.69) is 5.32 Å². The zero-order chi connectivity index (χ0) is 16.6. The Morgan fingerprint density at radius 2 is 1.96 bits per heavy atom. The summed E-state index contributed by atoms with van der Waals surface area (Å²) < 4.78 is 0. The quantitative estimate of drug-likeness (QED) is 0.760. The lowest BCUT2D eigenvalue weighted by Gasteiger charge is -2.44. The third-order valence-electron chi connectivity index (χ3n) is 4.14. The number of carbonyl (C=O) groups is 3. The van der Waals surface area contributed by atoms with E-state index in [0.717, 1.165) is 0 Å². The largest absolute Gasteiger partial charge is 0.394 e. The Hall–Kier alpha value is -2.12. The molecule has 7 nitrogen and oxygen atoms in total. The maximum atomic E-state index is 12.5. The van der Waals surface area contributed by atoms with Gasteiger partial charge in [0.2, 0.25) is 11.8 Å². The van der Waals surface area contributed by atoms with E-state index in [1.807, 2.05) is 0 Å². The Kier molecular flexibility index (Phi) is 4.23. The van der Waals surface area contributed by atoms with Gasteiger partial charge in [0.25, 0.3) is 5.91 Å². The van der Waals surface area contributed by atoms with Gasteiger partial charge in [-0.05, 0) is 24.3 Å². The molecule has 2 heterocycles. The zero-order valence-corrected chi connectivity index (χ0v) is 13.0. The van der Waals surface area contributed by atoms with Crippen LogP contribution in [0.2, 0.25) is 5.02 Å². The number of carbonyl (C=O) groups excluding carboxylic acids is 3. The Bertz CT molecular complexity index is 649. The molecule has 2 aliphatic rings. The molecule has 1 aromatic rings. The van der Waals surface area contributed by atoms with Crippen molar-refractivity contribution in [2.45, 2.75) is 12.1 Å². The number of rotatable bonds is 2. The van der Waals surface area contributed by atoms with Crippen molar-refractivity contribution in [3.05, 3.63) is 34.9 Å². The van der Waals surface area contributed by atoms with E-state index in [-0.39, 0.29) is 30.8 Å². The van der Waals surface area contributed by atoms with Gasteiger partial charge in [-0.3, -0.25) is 14.4 Å². The fourth-order valence-electron chi connectivity index (χ4n) is 2.88. The van der Waals surface area contributed by atoms with Gasteiger partial charge in [0, 0.05) is 23.7 Å². The van der Waals surface area contributed by atoms with Crippen LogP contribution in [0.15, 0.2) is 24.3 Å². The first-order valence-corrected chi connectivity index (χ1v) is 7.65. The topological polar surface area (TPSA) is 89.9 Å². The number of halogens is 1. The van der Waals surface area contributed by atoms with Gasteiger partial charge in [-0.15, -0.1) is 0 Å². The summed E-state index contributed by atoms with van der Waals surface area (Å²) >= 11 is 5.81. The summed E-state index contributed by atoms with van der Waals surface area (Å²) in [5.74, 6) is -0.862. The van der Waals surface area contributed by atoms with Gasteiger partial charge in [0.05, 0.1) is 13.2 Å². The minimum absolute atomic E-state index is 0.136.